The Labute approximate surface area is 106 Å². The van der Waals surface area contributed by atoms with E-state index in [-0.39, 0.29) is 6.61 Å². The van der Waals surface area contributed by atoms with Gasteiger partial charge in [0.05, 0.1) is 12.3 Å². The average molecular weight is 251 g/mol. The van der Waals surface area contributed by atoms with Crippen LogP contribution in [0.2, 0.25) is 5.15 Å². The summed E-state index contributed by atoms with van der Waals surface area (Å²) in [6, 6.07) is 9.78. The molecule has 90 valence electrons. The predicted molar refractivity (Wildman–Crippen MR) is 68.9 cm³/mol. The Kier molecular flexibility index (Phi) is 3.82. The van der Waals surface area contributed by atoms with E-state index in [1.165, 1.54) is 0 Å². The van der Waals surface area contributed by atoms with Crippen molar-refractivity contribution in [2.24, 2.45) is 0 Å². The summed E-state index contributed by atoms with van der Waals surface area (Å²) in [5, 5.41) is 14.4. The van der Waals surface area contributed by atoms with Gasteiger partial charge in [-0.1, -0.05) is 48.9 Å². The molecule has 0 aliphatic carbocycles. The van der Waals surface area contributed by atoms with Crippen molar-refractivity contribution >= 4 is 11.6 Å². The molecular formula is C13H15ClN2O. The molecule has 0 saturated carbocycles. The summed E-state index contributed by atoms with van der Waals surface area (Å²) in [6.45, 7) is 2.74. The molecule has 0 atom stereocenters. The molecule has 0 unspecified atom stereocenters. The number of rotatable bonds is 4. The summed E-state index contributed by atoms with van der Waals surface area (Å²) >= 11 is 6.20. The van der Waals surface area contributed by atoms with Crippen LogP contribution >= 0.6 is 11.6 Å². The third-order valence-electron chi connectivity index (χ3n) is 2.62. The maximum atomic E-state index is 9.40. The van der Waals surface area contributed by atoms with E-state index < -0.39 is 0 Å². The summed E-state index contributed by atoms with van der Waals surface area (Å²) in [4.78, 5) is 0. The van der Waals surface area contributed by atoms with Crippen LogP contribution < -0.4 is 0 Å². The Hall–Kier alpha value is -1.32. The Bertz CT molecular complexity index is 494. The number of aryl methyl sites for hydroxylation is 1. The van der Waals surface area contributed by atoms with Crippen LogP contribution in [0.5, 0.6) is 0 Å². The first-order chi connectivity index (χ1) is 8.27. The third kappa shape index (κ3) is 2.35. The number of aromatic nitrogens is 2. The third-order valence-corrected chi connectivity index (χ3v) is 3.05. The lowest BCUT2D eigenvalue weighted by atomic mass is 10.1. The zero-order valence-corrected chi connectivity index (χ0v) is 10.5. The Morgan fingerprint density at radius 3 is 2.59 bits per heavy atom. The van der Waals surface area contributed by atoms with Gasteiger partial charge in [-0.25, -0.2) is 0 Å². The number of hydrogen-bond donors (Lipinski definition) is 1. The van der Waals surface area contributed by atoms with Crippen molar-refractivity contribution in [1.29, 1.82) is 0 Å². The van der Waals surface area contributed by atoms with Gasteiger partial charge in [0.1, 0.15) is 5.15 Å². The quantitative estimate of drug-likeness (QED) is 0.906. The topological polar surface area (TPSA) is 38.0 Å². The first-order valence-electron chi connectivity index (χ1n) is 5.69. The molecule has 2 aromatic rings. The summed E-state index contributed by atoms with van der Waals surface area (Å²) < 4.78 is 1.75. The van der Waals surface area contributed by atoms with Gasteiger partial charge in [0, 0.05) is 17.7 Å². The number of halogens is 1. The molecular weight excluding hydrogens is 236 g/mol. The molecule has 17 heavy (non-hydrogen) atoms. The molecule has 1 N–H and O–H groups in total. The number of aliphatic hydroxyl groups excluding tert-OH is 1. The second-order valence-electron chi connectivity index (χ2n) is 3.87. The Morgan fingerprint density at radius 2 is 2.00 bits per heavy atom. The number of nitrogens with zero attached hydrogens (tertiary/aromatic N) is 2. The molecule has 0 radical (unpaired) electrons. The zero-order chi connectivity index (χ0) is 12.3. The minimum atomic E-state index is -0.0905. The highest BCUT2D eigenvalue weighted by molar-refractivity contribution is 6.30. The summed E-state index contributed by atoms with van der Waals surface area (Å²) in [5.41, 5.74) is 2.45. The second-order valence-corrected chi connectivity index (χ2v) is 4.22. The molecule has 4 heteroatoms. The van der Waals surface area contributed by atoms with Gasteiger partial charge in [-0.3, -0.25) is 4.68 Å². The first kappa shape index (κ1) is 12.1. The van der Waals surface area contributed by atoms with E-state index in [1.807, 2.05) is 30.3 Å². The maximum absolute atomic E-state index is 9.40. The number of benzene rings is 1. The lowest BCUT2D eigenvalue weighted by molar-refractivity contribution is 0.282. The van der Waals surface area contributed by atoms with Crippen LogP contribution in [0.25, 0.3) is 11.3 Å². The van der Waals surface area contributed by atoms with E-state index in [9.17, 15) is 5.11 Å². The lowest BCUT2D eigenvalue weighted by Crippen LogP contribution is -1.98. The highest BCUT2D eigenvalue weighted by atomic mass is 35.5. The molecule has 0 aliphatic heterocycles. The van der Waals surface area contributed by atoms with Crippen LogP contribution in [0.1, 0.15) is 18.9 Å². The number of hydrogen-bond acceptors (Lipinski definition) is 2. The predicted octanol–water partition coefficient (Wildman–Crippen LogP) is 3.11. The molecule has 0 spiro atoms. The van der Waals surface area contributed by atoms with Crippen molar-refractivity contribution in [3.8, 4) is 11.3 Å². The fraction of sp³-hybridized carbons (Fsp3) is 0.308. The van der Waals surface area contributed by atoms with E-state index >= 15 is 0 Å². The molecule has 0 amide bonds. The molecule has 3 nitrogen and oxygen atoms in total. The number of aliphatic hydroxyl groups is 1. The standard InChI is InChI=1S/C13H15ClN2O/c1-2-8-16-13(14)11(9-17)12(15-16)10-6-4-3-5-7-10/h3-7,17H,2,8-9H2,1H3. The smallest absolute Gasteiger partial charge is 0.133 e. The van der Waals surface area contributed by atoms with Gasteiger partial charge in [0.15, 0.2) is 0 Å². The molecule has 0 bridgehead atoms. The fourth-order valence-electron chi connectivity index (χ4n) is 1.81. The highest BCUT2D eigenvalue weighted by Gasteiger charge is 2.16. The van der Waals surface area contributed by atoms with E-state index in [4.69, 9.17) is 11.6 Å². The van der Waals surface area contributed by atoms with Crippen molar-refractivity contribution in [1.82, 2.24) is 9.78 Å². The highest BCUT2D eigenvalue weighted by Crippen LogP contribution is 2.28. The van der Waals surface area contributed by atoms with Gasteiger partial charge in [-0.2, -0.15) is 5.10 Å². The molecule has 0 fully saturated rings. The van der Waals surface area contributed by atoms with E-state index in [0.29, 0.717) is 10.7 Å². The van der Waals surface area contributed by atoms with Gasteiger partial charge >= 0.3 is 0 Å². The van der Waals surface area contributed by atoms with Crippen LogP contribution in [0.4, 0.5) is 0 Å². The largest absolute Gasteiger partial charge is 0.391 e. The van der Waals surface area contributed by atoms with Crippen LogP contribution in [-0.4, -0.2) is 14.9 Å². The van der Waals surface area contributed by atoms with Gasteiger partial charge in [0.2, 0.25) is 0 Å². The van der Waals surface area contributed by atoms with Crippen molar-refractivity contribution in [3.63, 3.8) is 0 Å². The van der Waals surface area contributed by atoms with Crippen molar-refractivity contribution in [2.75, 3.05) is 0 Å². The minimum Gasteiger partial charge on any atom is -0.391 e. The van der Waals surface area contributed by atoms with Gasteiger partial charge < -0.3 is 5.11 Å². The van der Waals surface area contributed by atoms with Crippen LogP contribution in [0.15, 0.2) is 30.3 Å². The van der Waals surface area contributed by atoms with Gasteiger partial charge in [0.25, 0.3) is 0 Å². The maximum Gasteiger partial charge on any atom is 0.133 e. The normalized spacial score (nSPS) is 10.8. The van der Waals surface area contributed by atoms with Crippen molar-refractivity contribution in [3.05, 3.63) is 41.0 Å². The fourth-order valence-corrected chi connectivity index (χ4v) is 2.08. The second kappa shape index (κ2) is 5.34. The molecule has 1 aromatic heterocycles. The van der Waals surface area contributed by atoms with Crippen LogP contribution in [0, 0.1) is 0 Å². The molecule has 1 heterocycles. The van der Waals surface area contributed by atoms with Crippen molar-refractivity contribution in [2.45, 2.75) is 26.5 Å². The monoisotopic (exact) mass is 250 g/mol. The van der Waals surface area contributed by atoms with E-state index in [2.05, 4.69) is 12.0 Å². The van der Waals surface area contributed by atoms with Crippen LogP contribution in [0.3, 0.4) is 0 Å². The first-order valence-corrected chi connectivity index (χ1v) is 6.07. The Morgan fingerprint density at radius 1 is 1.29 bits per heavy atom. The van der Waals surface area contributed by atoms with Crippen molar-refractivity contribution < 1.29 is 5.11 Å². The molecule has 2 rings (SSSR count). The molecule has 0 aliphatic rings. The van der Waals surface area contributed by atoms with E-state index in [1.54, 1.807) is 4.68 Å². The summed E-state index contributed by atoms with van der Waals surface area (Å²) in [6.07, 6.45) is 0.959. The molecule has 1 aromatic carbocycles. The summed E-state index contributed by atoms with van der Waals surface area (Å²) in [7, 11) is 0. The van der Waals surface area contributed by atoms with Gasteiger partial charge in [-0.15, -0.1) is 0 Å². The minimum absolute atomic E-state index is 0.0905. The van der Waals surface area contributed by atoms with Gasteiger partial charge in [-0.05, 0) is 6.42 Å². The Balaban J connectivity index is 2.50. The lowest BCUT2D eigenvalue weighted by Gasteiger charge is -1.98. The zero-order valence-electron chi connectivity index (χ0n) is 9.73. The van der Waals surface area contributed by atoms with E-state index in [0.717, 1.165) is 24.2 Å². The summed E-state index contributed by atoms with van der Waals surface area (Å²) in [5.74, 6) is 0. The SMILES string of the molecule is CCCn1nc(-c2ccccc2)c(CO)c1Cl. The average Bonchev–Trinajstić information content (AvgIpc) is 2.68. The molecule has 0 saturated heterocycles. The van der Waals surface area contributed by atoms with Crippen LogP contribution in [-0.2, 0) is 13.2 Å².